The number of pyridine rings is 1. The Hall–Kier alpha value is -3.93. The summed E-state index contributed by atoms with van der Waals surface area (Å²) in [5.41, 5.74) is 3.61. The Morgan fingerprint density at radius 2 is 1.77 bits per heavy atom. The minimum absolute atomic E-state index is 0.0315. The Morgan fingerprint density at radius 1 is 1.03 bits per heavy atom. The van der Waals surface area contributed by atoms with Crippen LogP contribution in [-0.4, -0.2) is 28.9 Å². The first-order chi connectivity index (χ1) is 14.9. The number of rotatable bonds is 4. The van der Waals surface area contributed by atoms with Gasteiger partial charge in [0.05, 0.1) is 18.7 Å². The van der Waals surface area contributed by atoms with Gasteiger partial charge in [0.1, 0.15) is 11.5 Å². The molecule has 1 amide bonds. The van der Waals surface area contributed by atoms with E-state index in [1.165, 1.54) is 4.90 Å². The molecule has 1 aliphatic heterocycles. The van der Waals surface area contributed by atoms with Crippen molar-refractivity contribution >= 4 is 23.1 Å². The van der Waals surface area contributed by atoms with E-state index >= 15 is 0 Å². The number of carbonyl (C=O) groups is 2. The molecule has 0 saturated carbocycles. The molecule has 0 bridgehead atoms. The monoisotopic (exact) mass is 414 g/mol. The number of amides is 1. The van der Waals surface area contributed by atoms with Gasteiger partial charge in [0.2, 0.25) is 0 Å². The predicted octanol–water partition coefficient (Wildman–Crippen LogP) is 4.33. The fraction of sp³-hybridized carbons (Fsp3) is 0.160. The molecule has 3 aromatic rings. The maximum Gasteiger partial charge on any atom is 0.300 e. The largest absolute Gasteiger partial charge is 0.507 e. The van der Waals surface area contributed by atoms with Gasteiger partial charge in [-0.25, -0.2) is 0 Å². The molecule has 6 heteroatoms. The summed E-state index contributed by atoms with van der Waals surface area (Å²) < 4.78 is 5.17. The molecule has 4 rings (SSSR count). The third-order valence-electron chi connectivity index (χ3n) is 5.64. The zero-order chi connectivity index (χ0) is 22.1. The molecule has 0 aliphatic carbocycles. The topological polar surface area (TPSA) is 79.7 Å². The number of ether oxygens (including phenoxy) is 1. The van der Waals surface area contributed by atoms with Gasteiger partial charge in [-0.15, -0.1) is 0 Å². The number of hydrogen-bond acceptors (Lipinski definition) is 5. The molecule has 1 fully saturated rings. The van der Waals surface area contributed by atoms with Gasteiger partial charge in [-0.05, 0) is 66.9 Å². The minimum atomic E-state index is -0.795. The van der Waals surface area contributed by atoms with Crippen molar-refractivity contribution in [3.63, 3.8) is 0 Å². The summed E-state index contributed by atoms with van der Waals surface area (Å²) in [4.78, 5) is 32.0. The van der Waals surface area contributed by atoms with Crippen molar-refractivity contribution in [2.75, 3.05) is 12.0 Å². The highest BCUT2D eigenvalue weighted by molar-refractivity contribution is 6.51. The molecule has 0 radical (unpaired) electrons. The minimum Gasteiger partial charge on any atom is -0.507 e. The molecule has 156 valence electrons. The van der Waals surface area contributed by atoms with Crippen LogP contribution in [0.15, 0.2) is 72.6 Å². The number of hydrogen-bond donors (Lipinski definition) is 1. The predicted molar refractivity (Wildman–Crippen MR) is 118 cm³/mol. The molecule has 1 N–H and O–H groups in total. The molecular formula is C25H22N2O4. The molecule has 0 spiro atoms. The summed E-state index contributed by atoms with van der Waals surface area (Å²) >= 11 is 0. The van der Waals surface area contributed by atoms with Crippen LogP contribution >= 0.6 is 0 Å². The van der Waals surface area contributed by atoms with Crippen LogP contribution < -0.4 is 9.64 Å². The van der Waals surface area contributed by atoms with Crippen LogP contribution in [0.1, 0.15) is 28.3 Å². The van der Waals surface area contributed by atoms with Crippen molar-refractivity contribution in [3.05, 3.63) is 94.8 Å². The zero-order valence-electron chi connectivity index (χ0n) is 17.5. The number of aliphatic hydroxyl groups is 1. The number of aliphatic hydroxyl groups excluding tert-OH is 1. The normalized spacial score (nSPS) is 17.8. The van der Waals surface area contributed by atoms with Crippen molar-refractivity contribution in [2.45, 2.75) is 19.9 Å². The summed E-state index contributed by atoms with van der Waals surface area (Å²) in [5, 5.41) is 11.1. The molecular weight excluding hydrogens is 392 g/mol. The van der Waals surface area contributed by atoms with Gasteiger partial charge < -0.3 is 9.84 Å². The highest BCUT2D eigenvalue weighted by Gasteiger charge is 2.47. The summed E-state index contributed by atoms with van der Waals surface area (Å²) in [5.74, 6) is -1.03. The van der Waals surface area contributed by atoms with Gasteiger partial charge in [0.25, 0.3) is 11.7 Å². The molecule has 6 nitrogen and oxygen atoms in total. The van der Waals surface area contributed by atoms with Gasteiger partial charge in [-0.2, -0.15) is 0 Å². The number of benzene rings is 2. The van der Waals surface area contributed by atoms with E-state index in [4.69, 9.17) is 4.74 Å². The number of nitrogens with zero attached hydrogens (tertiary/aromatic N) is 2. The number of aryl methyl sites for hydroxylation is 1. The Morgan fingerprint density at radius 3 is 2.42 bits per heavy atom. The van der Waals surface area contributed by atoms with Crippen molar-refractivity contribution in [1.29, 1.82) is 0 Å². The molecule has 2 heterocycles. The van der Waals surface area contributed by atoms with Crippen molar-refractivity contribution < 1.29 is 19.4 Å². The highest BCUT2D eigenvalue weighted by atomic mass is 16.5. The summed E-state index contributed by atoms with van der Waals surface area (Å²) in [7, 11) is 1.55. The summed E-state index contributed by atoms with van der Waals surface area (Å²) in [6, 6.07) is 15.0. The second-order valence-electron chi connectivity index (χ2n) is 7.40. The molecule has 1 aliphatic rings. The molecule has 1 unspecified atom stereocenters. The lowest BCUT2D eigenvalue weighted by Crippen LogP contribution is -2.30. The lowest BCUT2D eigenvalue weighted by Gasteiger charge is -2.27. The number of carbonyl (C=O) groups excluding carboxylic acids is 2. The van der Waals surface area contributed by atoms with E-state index in [0.29, 0.717) is 22.6 Å². The summed E-state index contributed by atoms with van der Waals surface area (Å²) in [6.45, 7) is 3.86. The standard InChI is InChI=1S/C25H22N2O4/c1-15-6-4-8-20(16(15)2)27-22(18-7-5-13-26-14-18)21(24(29)25(27)30)23(28)17-9-11-19(31-3)12-10-17/h4-14,22,28H,1-3H3/b23-21+. The number of methoxy groups -OCH3 is 1. The second kappa shape index (κ2) is 8.07. The Labute approximate surface area is 180 Å². The molecule has 31 heavy (non-hydrogen) atoms. The Balaban J connectivity index is 1.95. The first-order valence-electron chi connectivity index (χ1n) is 9.85. The number of ketones is 1. The van der Waals surface area contributed by atoms with Gasteiger partial charge in [-0.1, -0.05) is 18.2 Å². The number of anilines is 1. The zero-order valence-corrected chi connectivity index (χ0v) is 17.5. The fourth-order valence-electron chi connectivity index (χ4n) is 3.84. The van der Waals surface area contributed by atoms with Crippen LogP contribution in [-0.2, 0) is 9.59 Å². The fourth-order valence-corrected chi connectivity index (χ4v) is 3.84. The quantitative estimate of drug-likeness (QED) is 0.390. The van der Waals surface area contributed by atoms with Crippen LogP contribution in [0.4, 0.5) is 5.69 Å². The Kier molecular flexibility index (Phi) is 5.29. The van der Waals surface area contributed by atoms with E-state index in [1.54, 1.807) is 55.9 Å². The third kappa shape index (κ3) is 3.46. The lowest BCUT2D eigenvalue weighted by molar-refractivity contribution is -0.132. The van der Waals surface area contributed by atoms with Crippen LogP contribution in [0.2, 0.25) is 0 Å². The Bertz CT molecular complexity index is 1180. The van der Waals surface area contributed by atoms with Crippen LogP contribution in [0.5, 0.6) is 5.75 Å². The maximum absolute atomic E-state index is 13.2. The van der Waals surface area contributed by atoms with Gasteiger partial charge in [0, 0.05) is 23.6 Å². The van der Waals surface area contributed by atoms with Crippen LogP contribution in [0, 0.1) is 13.8 Å². The smallest absolute Gasteiger partial charge is 0.300 e. The third-order valence-corrected chi connectivity index (χ3v) is 5.64. The van der Waals surface area contributed by atoms with Crippen molar-refractivity contribution in [1.82, 2.24) is 4.98 Å². The summed E-state index contributed by atoms with van der Waals surface area (Å²) in [6.07, 6.45) is 3.23. The first-order valence-corrected chi connectivity index (χ1v) is 9.85. The second-order valence-corrected chi connectivity index (χ2v) is 7.40. The van der Waals surface area contributed by atoms with E-state index in [9.17, 15) is 14.7 Å². The highest BCUT2D eigenvalue weighted by Crippen LogP contribution is 2.43. The van der Waals surface area contributed by atoms with Crippen LogP contribution in [0.3, 0.4) is 0 Å². The van der Waals surface area contributed by atoms with E-state index in [-0.39, 0.29) is 11.3 Å². The number of aromatic nitrogens is 1. The molecule has 1 atom stereocenters. The molecule has 2 aromatic carbocycles. The average molecular weight is 414 g/mol. The van der Waals surface area contributed by atoms with Gasteiger partial charge in [-0.3, -0.25) is 19.5 Å². The maximum atomic E-state index is 13.2. The van der Waals surface area contributed by atoms with Gasteiger partial charge >= 0.3 is 0 Å². The van der Waals surface area contributed by atoms with E-state index in [0.717, 1.165) is 11.1 Å². The van der Waals surface area contributed by atoms with E-state index < -0.39 is 17.7 Å². The molecule has 1 saturated heterocycles. The van der Waals surface area contributed by atoms with Crippen LogP contribution in [0.25, 0.3) is 5.76 Å². The van der Waals surface area contributed by atoms with E-state index in [1.807, 2.05) is 32.0 Å². The SMILES string of the molecule is COc1ccc(/C(O)=C2\C(=O)C(=O)N(c3cccc(C)c3C)C2c2cccnc2)cc1. The average Bonchev–Trinajstić information content (AvgIpc) is 3.06. The van der Waals surface area contributed by atoms with E-state index in [2.05, 4.69) is 4.98 Å². The van der Waals surface area contributed by atoms with Gasteiger partial charge in [0.15, 0.2) is 0 Å². The lowest BCUT2D eigenvalue weighted by atomic mass is 9.95. The molecule has 1 aromatic heterocycles. The first kappa shape index (κ1) is 20.3. The van der Waals surface area contributed by atoms with Crippen molar-refractivity contribution in [2.24, 2.45) is 0 Å². The van der Waals surface area contributed by atoms with Crippen molar-refractivity contribution in [3.8, 4) is 5.75 Å². The number of Topliss-reactive ketones (excluding diaryl/α,β-unsaturated/α-hetero) is 1.